The highest BCUT2D eigenvalue weighted by Crippen LogP contribution is 2.37. The molecule has 0 fully saturated rings. The molecule has 2 amide bonds. The van der Waals surface area contributed by atoms with Gasteiger partial charge in [0.15, 0.2) is 0 Å². The molecule has 8 nitrogen and oxygen atoms in total. The van der Waals surface area contributed by atoms with Crippen LogP contribution in [0.5, 0.6) is 11.5 Å². The Kier molecular flexibility index (Phi) is 10.2. The SMILES string of the molecule is CCC(C)CCc1ccc2c(c1OCc1cc(OC)ccc1F)CN([C@H](CCC(=O)OC(C)(C)C)C(N)=O)C2=O. The molecule has 1 aliphatic heterocycles. The molecule has 1 heterocycles. The molecular formula is C31H41FN2O6. The lowest BCUT2D eigenvalue weighted by molar-refractivity contribution is -0.155. The number of nitrogens with zero attached hydrogens (tertiary/aromatic N) is 1. The number of fused-ring (bicyclic) bond motifs is 1. The minimum Gasteiger partial charge on any atom is -0.497 e. The van der Waals surface area contributed by atoms with Crippen molar-refractivity contribution in [1.82, 2.24) is 4.90 Å². The topological polar surface area (TPSA) is 108 Å². The van der Waals surface area contributed by atoms with Crippen molar-refractivity contribution in [2.24, 2.45) is 11.7 Å². The molecule has 0 saturated carbocycles. The second-order valence-corrected chi connectivity index (χ2v) is 11.4. The fourth-order valence-corrected chi connectivity index (χ4v) is 4.70. The van der Waals surface area contributed by atoms with E-state index in [1.54, 1.807) is 32.9 Å². The summed E-state index contributed by atoms with van der Waals surface area (Å²) in [5.41, 5.74) is 7.28. The number of esters is 1. The Morgan fingerprint density at radius 2 is 1.85 bits per heavy atom. The molecule has 0 saturated heterocycles. The van der Waals surface area contributed by atoms with Crippen LogP contribution in [0.4, 0.5) is 4.39 Å². The van der Waals surface area contributed by atoms with Gasteiger partial charge in [0.25, 0.3) is 5.91 Å². The number of primary amides is 1. The van der Waals surface area contributed by atoms with E-state index in [-0.39, 0.29) is 31.9 Å². The number of aryl methyl sites for hydroxylation is 1. The summed E-state index contributed by atoms with van der Waals surface area (Å²) < 4.78 is 31.4. The van der Waals surface area contributed by atoms with Crippen LogP contribution in [0.25, 0.3) is 0 Å². The lowest BCUT2D eigenvalue weighted by Gasteiger charge is -2.26. The van der Waals surface area contributed by atoms with Crippen molar-refractivity contribution in [3.63, 3.8) is 0 Å². The molecule has 3 rings (SSSR count). The Morgan fingerprint density at radius 3 is 2.48 bits per heavy atom. The van der Waals surface area contributed by atoms with E-state index in [9.17, 15) is 18.8 Å². The van der Waals surface area contributed by atoms with Gasteiger partial charge >= 0.3 is 5.97 Å². The first-order chi connectivity index (χ1) is 18.8. The van der Waals surface area contributed by atoms with Crippen molar-refractivity contribution >= 4 is 17.8 Å². The molecular weight excluding hydrogens is 515 g/mol. The normalized spacial score (nSPS) is 14.5. The molecule has 0 radical (unpaired) electrons. The zero-order valence-electron chi connectivity index (χ0n) is 24.3. The van der Waals surface area contributed by atoms with Gasteiger partial charge < -0.3 is 24.8 Å². The van der Waals surface area contributed by atoms with Gasteiger partial charge in [0.1, 0.15) is 35.6 Å². The smallest absolute Gasteiger partial charge is 0.306 e. The van der Waals surface area contributed by atoms with Crippen molar-refractivity contribution in [2.45, 2.75) is 91.5 Å². The third-order valence-corrected chi connectivity index (χ3v) is 7.14. The van der Waals surface area contributed by atoms with Crippen LogP contribution in [0.3, 0.4) is 0 Å². The van der Waals surface area contributed by atoms with E-state index in [0.29, 0.717) is 40.5 Å². The van der Waals surface area contributed by atoms with Crippen LogP contribution >= 0.6 is 0 Å². The molecule has 9 heteroatoms. The lowest BCUT2D eigenvalue weighted by Crippen LogP contribution is -2.45. The highest BCUT2D eigenvalue weighted by molar-refractivity contribution is 6.02. The average Bonchev–Trinajstić information content (AvgIpc) is 3.21. The molecule has 0 spiro atoms. The quantitative estimate of drug-likeness (QED) is 0.335. The Balaban J connectivity index is 1.90. The number of ether oxygens (including phenoxy) is 3. The Morgan fingerprint density at radius 1 is 1.12 bits per heavy atom. The van der Waals surface area contributed by atoms with Crippen LogP contribution in [0, 0.1) is 11.7 Å². The highest BCUT2D eigenvalue weighted by Gasteiger charge is 2.38. The van der Waals surface area contributed by atoms with Crippen molar-refractivity contribution < 1.29 is 33.0 Å². The first-order valence-electron chi connectivity index (χ1n) is 13.8. The zero-order valence-corrected chi connectivity index (χ0v) is 24.3. The maximum atomic E-state index is 14.6. The fraction of sp³-hybridized carbons (Fsp3) is 0.516. The van der Waals surface area contributed by atoms with E-state index in [2.05, 4.69) is 13.8 Å². The van der Waals surface area contributed by atoms with Crippen LogP contribution in [-0.4, -0.2) is 41.4 Å². The predicted octanol–water partition coefficient (Wildman–Crippen LogP) is 5.32. The van der Waals surface area contributed by atoms with Crippen molar-refractivity contribution in [3.05, 3.63) is 58.4 Å². The van der Waals surface area contributed by atoms with Crippen LogP contribution in [-0.2, 0) is 33.9 Å². The molecule has 0 bridgehead atoms. The zero-order chi connectivity index (χ0) is 29.6. The lowest BCUT2D eigenvalue weighted by atomic mass is 9.96. The fourth-order valence-electron chi connectivity index (χ4n) is 4.70. The van der Waals surface area contributed by atoms with Gasteiger partial charge in [-0.25, -0.2) is 4.39 Å². The van der Waals surface area contributed by atoms with Crippen LogP contribution in [0.2, 0.25) is 0 Å². The number of nitrogens with two attached hydrogens (primary N) is 1. The van der Waals surface area contributed by atoms with E-state index in [0.717, 1.165) is 18.4 Å². The molecule has 2 N–H and O–H groups in total. The van der Waals surface area contributed by atoms with E-state index in [1.807, 2.05) is 6.07 Å². The largest absolute Gasteiger partial charge is 0.497 e. The first-order valence-corrected chi connectivity index (χ1v) is 13.8. The number of rotatable bonds is 13. The molecule has 2 aromatic rings. The van der Waals surface area contributed by atoms with Gasteiger partial charge in [0.2, 0.25) is 5.91 Å². The molecule has 1 aliphatic rings. The van der Waals surface area contributed by atoms with Crippen LogP contribution < -0.4 is 15.2 Å². The van der Waals surface area contributed by atoms with Crippen molar-refractivity contribution in [1.29, 1.82) is 0 Å². The number of carbonyl (C=O) groups excluding carboxylic acids is 3. The summed E-state index contributed by atoms with van der Waals surface area (Å²) in [4.78, 5) is 39.6. The number of hydrogen-bond acceptors (Lipinski definition) is 6. The standard InChI is InChI=1S/C31H41FN2O6/c1-7-19(2)8-9-20-10-12-23-24(28(20)39-18-21-16-22(38-6)11-13-25(21)32)17-34(30(23)37)26(29(33)36)14-15-27(35)40-31(3,4)5/h10-13,16,19,26H,7-9,14-15,17-18H2,1-6H3,(H2,33,36)/t19?,26-/m1/s1. The number of amides is 2. The van der Waals surface area contributed by atoms with Gasteiger partial charge in [-0.1, -0.05) is 26.3 Å². The highest BCUT2D eigenvalue weighted by atomic mass is 19.1. The van der Waals surface area contributed by atoms with Gasteiger partial charge in [0.05, 0.1) is 13.7 Å². The van der Waals surface area contributed by atoms with Gasteiger partial charge in [-0.05, 0) is 75.8 Å². The molecule has 1 unspecified atom stereocenters. The molecule has 218 valence electrons. The molecule has 40 heavy (non-hydrogen) atoms. The molecule has 0 aliphatic carbocycles. The summed E-state index contributed by atoms with van der Waals surface area (Å²) in [6, 6.07) is 7.04. The van der Waals surface area contributed by atoms with Crippen molar-refractivity contribution in [2.75, 3.05) is 7.11 Å². The minimum atomic E-state index is -1.00. The Labute approximate surface area is 236 Å². The van der Waals surface area contributed by atoms with Crippen LogP contribution in [0.15, 0.2) is 30.3 Å². The van der Waals surface area contributed by atoms with Crippen molar-refractivity contribution in [3.8, 4) is 11.5 Å². The minimum absolute atomic E-state index is 0.0378. The van der Waals surface area contributed by atoms with Gasteiger partial charge in [-0.15, -0.1) is 0 Å². The first kappa shape index (κ1) is 30.9. The maximum Gasteiger partial charge on any atom is 0.306 e. The Bertz CT molecular complexity index is 1240. The maximum absolute atomic E-state index is 14.6. The number of benzene rings is 2. The second kappa shape index (κ2) is 13.2. The summed E-state index contributed by atoms with van der Waals surface area (Å²) in [6.07, 6.45) is 2.63. The third kappa shape index (κ3) is 7.73. The monoisotopic (exact) mass is 556 g/mol. The predicted molar refractivity (Wildman–Crippen MR) is 149 cm³/mol. The number of halogens is 1. The summed E-state index contributed by atoms with van der Waals surface area (Å²) >= 11 is 0. The molecule has 2 aromatic carbocycles. The number of hydrogen-bond donors (Lipinski definition) is 1. The number of carbonyl (C=O) groups is 3. The summed E-state index contributed by atoms with van der Waals surface area (Å²) in [5.74, 6) is -0.471. The summed E-state index contributed by atoms with van der Waals surface area (Å²) in [7, 11) is 1.51. The van der Waals surface area contributed by atoms with Crippen LogP contribution in [0.1, 0.15) is 87.4 Å². The number of methoxy groups -OCH3 is 1. The molecule has 0 aromatic heterocycles. The van der Waals surface area contributed by atoms with Gasteiger partial charge in [0, 0.05) is 23.1 Å². The van der Waals surface area contributed by atoms with Gasteiger partial charge in [-0.2, -0.15) is 0 Å². The average molecular weight is 557 g/mol. The second-order valence-electron chi connectivity index (χ2n) is 11.4. The third-order valence-electron chi connectivity index (χ3n) is 7.14. The van der Waals surface area contributed by atoms with E-state index < -0.39 is 29.3 Å². The van der Waals surface area contributed by atoms with E-state index >= 15 is 0 Å². The molecule has 2 atom stereocenters. The summed E-state index contributed by atoms with van der Waals surface area (Å²) in [5, 5.41) is 0. The van der Waals surface area contributed by atoms with Gasteiger partial charge in [-0.3, -0.25) is 14.4 Å². The Hall–Kier alpha value is -3.62. The van der Waals surface area contributed by atoms with E-state index in [4.69, 9.17) is 19.9 Å². The summed E-state index contributed by atoms with van der Waals surface area (Å²) in [6.45, 7) is 9.60. The van der Waals surface area contributed by atoms with E-state index in [1.165, 1.54) is 24.1 Å².